The predicted molar refractivity (Wildman–Crippen MR) is 87.1 cm³/mol. The highest BCUT2D eigenvalue weighted by Crippen LogP contribution is 2.11. The smallest absolute Gasteiger partial charge is 0.0717 e. The van der Waals surface area contributed by atoms with Crippen LogP contribution in [0.1, 0.15) is 12.0 Å². The summed E-state index contributed by atoms with van der Waals surface area (Å²) < 4.78 is 5.65. The van der Waals surface area contributed by atoms with Gasteiger partial charge in [-0.3, -0.25) is 0 Å². The second-order valence-corrected chi connectivity index (χ2v) is 11.6. The minimum atomic E-state index is -0.965. The molecule has 1 rings (SSSR count). The van der Waals surface area contributed by atoms with Crippen LogP contribution in [0.4, 0.5) is 0 Å². The standard InChI is InChI=1S/C17H26OSi/c1-16(9-8-14-19(2,3)4)12-13-18-15-17-10-6-5-7-11-17/h5-11H,1,12-15H2,2-4H3/b9-8+. The van der Waals surface area contributed by atoms with Crippen molar-refractivity contribution in [2.24, 2.45) is 0 Å². The SMILES string of the molecule is C=C(/C=C/C[Si](C)(C)C)CCOCc1ccccc1. The second kappa shape index (κ2) is 8.13. The van der Waals surface area contributed by atoms with Gasteiger partial charge in [0.25, 0.3) is 0 Å². The van der Waals surface area contributed by atoms with Crippen molar-refractivity contribution in [3.63, 3.8) is 0 Å². The van der Waals surface area contributed by atoms with Crippen LogP contribution in [0.3, 0.4) is 0 Å². The Bertz CT molecular complexity index is 401. The summed E-state index contributed by atoms with van der Waals surface area (Å²) in [7, 11) is -0.965. The molecule has 0 atom stereocenters. The summed E-state index contributed by atoms with van der Waals surface area (Å²) in [5.41, 5.74) is 2.38. The lowest BCUT2D eigenvalue weighted by atomic mass is 10.2. The third kappa shape index (κ3) is 8.57. The van der Waals surface area contributed by atoms with E-state index in [0.717, 1.165) is 18.6 Å². The molecule has 19 heavy (non-hydrogen) atoms. The number of allylic oxidation sites excluding steroid dienone is 2. The van der Waals surface area contributed by atoms with Crippen molar-refractivity contribution in [2.75, 3.05) is 6.61 Å². The normalized spacial score (nSPS) is 11.9. The van der Waals surface area contributed by atoms with Gasteiger partial charge in [0.2, 0.25) is 0 Å². The molecule has 2 heteroatoms. The van der Waals surface area contributed by atoms with Crippen LogP contribution in [0.25, 0.3) is 0 Å². The minimum absolute atomic E-state index is 0.687. The average Bonchev–Trinajstić information content (AvgIpc) is 2.34. The maximum atomic E-state index is 5.65. The van der Waals surface area contributed by atoms with Crippen LogP contribution in [0.5, 0.6) is 0 Å². The Hall–Kier alpha value is -1.12. The summed E-state index contributed by atoms with van der Waals surface area (Å²) in [4.78, 5) is 0. The fraction of sp³-hybridized carbons (Fsp3) is 0.412. The van der Waals surface area contributed by atoms with Gasteiger partial charge in [-0.15, -0.1) is 0 Å². The molecule has 0 saturated carbocycles. The van der Waals surface area contributed by atoms with Crippen molar-refractivity contribution in [3.05, 3.63) is 60.2 Å². The molecule has 0 fully saturated rings. The lowest BCUT2D eigenvalue weighted by Crippen LogP contribution is -2.17. The van der Waals surface area contributed by atoms with Crippen LogP contribution in [-0.4, -0.2) is 14.7 Å². The van der Waals surface area contributed by atoms with E-state index in [1.165, 1.54) is 11.6 Å². The number of hydrogen-bond donors (Lipinski definition) is 0. The van der Waals surface area contributed by atoms with Crippen molar-refractivity contribution in [1.82, 2.24) is 0 Å². The van der Waals surface area contributed by atoms with Gasteiger partial charge >= 0.3 is 0 Å². The number of benzene rings is 1. The van der Waals surface area contributed by atoms with Gasteiger partial charge in [-0.1, -0.05) is 74.3 Å². The average molecular weight is 274 g/mol. The quantitative estimate of drug-likeness (QED) is 0.366. The zero-order chi connectivity index (χ0) is 14.1. The van der Waals surface area contributed by atoms with E-state index in [2.05, 4.69) is 50.5 Å². The summed E-state index contributed by atoms with van der Waals surface area (Å²) in [5.74, 6) is 0. The highest BCUT2D eigenvalue weighted by Gasteiger charge is 2.09. The zero-order valence-corrected chi connectivity index (χ0v) is 13.5. The summed E-state index contributed by atoms with van der Waals surface area (Å²) in [6.07, 6.45) is 5.34. The molecule has 0 aromatic heterocycles. The largest absolute Gasteiger partial charge is 0.376 e. The first kappa shape index (κ1) is 15.9. The monoisotopic (exact) mass is 274 g/mol. The molecular weight excluding hydrogens is 248 g/mol. The van der Waals surface area contributed by atoms with E-state index >= 15 is 0 Å². The van der Waals surface area contributed by atoms with Gasteiger partial charge < -0.3 is 4.74 Å². The first-order valence-electron chi connectivity index (χ1n) is 6.93. The summed E-state index contributed by atoms with van der Waals surface area (Å²) >= 11 is 0. The molecule has 1 nitrogen and oxygen atoms in total. The molecule has 0 aliphatic rings. The molecule has 0 saturated heterocycles. The van der Waals surface area contributed by atoms with Crippen LogP contribution in [0, 0.1) is 0 Å². The third-order valence-electron chi connectivity index (χ3n) is 2.76. The molecule has 0 amide bonds. The van der Waals surface area contributed by atoms with Crippen LogP contribution >= 0.6 is 0 Å². The molecule has 0 N–H and O–H groups in total. The third-order valence-corrected chi connectivity index (χ3v) is 4.22. The Morgan fingerprint density at radius 3 is 2.53 bits per heavy atom. The lowest BCUT2D eigenvalue weighted by Gasteiger charge is -2.11. The van der Waals surface area contributed by atoms with Crippen molar-refractivity contribution in [1.29, 1.82) is 0 Å². The van der Waals surface area contributed by atoms with E-state index in [1.54, 1.807) is 0 Å². The van der Waals surface area contributed by atoms with Gasteiger partial charge in [0.05, 0.1) is 13.2 Å². The summed E-state index contributed by atoms with van der Waals surface area (Å²) in [6, 6.07) is 11.5. The molecule has 0 spiro atoms. The molecule has 0 aliphatic heterocycles. The molecule has 0 radical (unpaired) electrons. The molecule has 0 heterocycles. The molecule has 104 valence electrons. The zero-order valence-electron chi connectivity index (χ0n) is 12.5. The van der Waals surface area contributed by atoms with E-state index in [9.17, 15) is 0 Å². The van der Waals surface area contributed by atoms with E-state index < -0.39 is 8.07 Å². The van der Waals surface area contributed by atoms with Crippen LogP contribution < -0.4 is 0 Å². The predicted octanol–water partition coefficient (Wildman–Crippen LogP) is 5.04. The van der Waals surface area contributed by atoms with Gasteiger partial charge in [0, 0.05) is 8.07 Å². The topological polar surface area (TPSA) is 9.23 Å². The van der Waals surface area contributed by atoms with Crippen molar-refractivity contribution in [2.45, 2.75) is 38.7 Å². The highest BCUT2D eigenvalue weighted by molar-refractivity contribution is 6.76. The van der Waals surface area contributed by atoms with E-state index in [0.29, 0.717) is 6.61 Å². The van der Waals surface area contributed by atoms with Crippen molar-refractivity contribution < 1.29 is 4.74 Å². The molecule has 0 unspecified atom stereocenters. The van der Waals surface area contributed by atoms with Crippen LogP contribution in [-0.2, 0) is 11.3 Å². The van der Waals surface area contributed by atoms with Crippen LogP contribution in [0.2, 0.25) is 25.7 Å². The van der Waals surface area contributed by atoms with Gasteiger partial charge in [-0.05, 0) is 18.0 Å². The molecule has 0 bridgehead atoms. The van der Waals surface area contributed by atoms with Gasteiger partial charge in [0.1, 0.15) is 0 Å². The number of hydrogen-bond acceptors (Lipinski definition) is 1. The number of rotatable bonds is 8. The van der Waals surface area contributed by atoms with E-state index in [-0.39, 0.29) is 0 Å². The Morgan fingerprint density at radius 1 is 1.21 bits per heavy atom. The molecule has 0 aliphatic carbocycles. The Balaban J connectivity index is 2.14. The maximum Gasteiger partial charge on any atom is 0.0717 e. The van der Waals surface area contributed by atoms with Gasteiger partial charge in [-0.2, -0.15) is 0 Å². The van der Waals surface area contributed by atoms with E-state index in [1.807, 2.05) is 18.2 Å². The fourth-order valence-corrected chi connectivity index (χ4v) is 2.45. The Morgan fingerprint density at radius 2 is 1.89 bits per heavy atom. The Labute approximate surface area is 119 Å². The first-order chi connectivity index (χ1) is 8.97. The summed E-state index contributed by atoms with van der Waals surface area (Å²) in [6.45, 7) is 12.6. The molecule has 1 aromatic rings. The summed E-state index contributed by atoms with van der Waals surface area (Å²) in [5, 5.41) is 0. The molecular formula is C17H26OSi. The van der Waals surface area contributed by atoms with Gasteiger partial charge in [-0.25, -0.2) is 0 Å². The minimum Gasteiger partial charge on any atom is -0.376 e. The Kier molecular flexibility index (Phi) is 6.82. The second-order valence-electron chi connectivity index (χ2n) is 6.11. The lowest BCUT2D eigenvalue weighted by molar-refractivity contribution is 0.124. The van der Waals surface area contributed by atoms with Crippen molar-refractivity contribution >= 4 is 8.07 Å². The maximum absolute atomic E-state index is 5.65. The highest BCUT2D eigenvalue weighted by atomic mass is 28.3. The first-order valence-corrected chi connectivity index (χ1v) is 10.6. The molecule has 1 aromatic carbocycles. The van der Waals surface area contributed by atoms with Gasteiger partial charge in [0.15, 0.2) is 0 Å². The number of ether oxygens (including phenoxy) is 1. The van der Waals surface area contributed by atoms with Crippen LogP contribution in [0.15, 0.2) is 54.6 Å². The fourth-order valence-electron chi connectivity index (χ4n) is 1.63. The van der Waals surface area contributed by atoms with E-state index in [4.69, 9.17) is 4.74 Å². The van der Waals surface area contributed by atoms with Crippen molar-refractivity contribution in [3.8, 4) is 0 Å².